The third kappa shape index (κ3) is 4.87. The minimum atomic E-state index is -0.0787. The molecule has 0 aliphatic carbocycles. The number of thiophene rings is 1. The first-order valence-electron chi connectivity index (χ1n) is 10.7. The van der Waals surface area contributed by atoms with E-state index in [4.69, 9.17) is 16.3 Å². The molecule has 2 aromatic heterocycles. The average Bonchev–Trinajstić information content (AvgIpc) is 3.48. The number of nitrogens with zero attached hydrogens (tertiary/aromatic N) is 1. The van der Waals surface area contributed by atoms with Crippen LogP contribution in [-0.4, -0.2) is 27.6 Å². The summed E-state index contributed by atoms with van der Waals surface area (Å²) in [5, 5.41) is 0.560. The molecule has 7 heteroatoms. The summed E-state index contributed by atoms with van der Waals surface area (Å²) >= 11 is 7.96. The van der Waals surface area contributed by atoms with Crippen LogP contribution >= 0.6 is 22.9 Å². The summed E-state index contributed by atoms with van der Waals surface area (Å²) in [6.07, 6.45) is 5.86. The monoisotopic (exact) mass is 468 g/mol. The van der Waals surface area contributed by atoms with Crippen molar-refractivity contribution in [3.8, 4) is 16.2 Å². The van der Waals surface area contributed by atoms with E-state index < -0.39 is 0 Å². The number of Topliss-reactive ketones (excluding diaryl/α,β-unsaturated/α-hetero) is 1. The Hall–Kier alpha value is -2.70. The molecule has 1 aromatic carbocycles. The molecule has 166 valence electrons. The van der Waals surface area contributed by atoms with Gasteiger partial charge < -0.3 is 9.72 Å². The highest BCUT2D eigenvalue weighted by Crippen LogP contribution is 2.41. The molecule has 0 saturated carbocycles. The lowest BCUT2D eigenvalue weighted by Gasteiger charge is -2.10. The molecule has 0 radical (unpaired) electrons. The number of hydrogen-bond donors (Lipinski definition) is 1. The topological polar surface area (TPSA) is 72.1 Å². The Morgan fingerprint density at radius 1 is 1.34 bits per heavy atom. The Kier molecular flexibility index (Phi) is 6.63. The molecule has 1 atom stereocenters. The van der Waals surface area contributed by atoms with Gasteiger partial charge in [0.05, 0.1) is 15.6 Å². The normalized spacial score (nSPS) is 15.2. The molecule has 32 heavy (non-hydrogen) atoms. The van der Waals surface area contributed by atoms with Gasteiger partial charge in [-0.1, -0.05) is 18.5 Å². The summed E-state index contributed by atoms with van der Waals surface area (Å²) in [5.41, 5.74) is 3.79. The van der Waals surface area contributed by atoms with Crippen LogP contribution in [0, 0.1) is 6.92 Å². The van der Waals surface area contributed by atoms with Crippen molar-refractivity contribution in [2.75, 3.05) is 0 Å². The number of H-pyrrole nitrogens is 1. The standard InChI is InChI=1S/C25H25ClN2O3S/c1-4-24-27-14(2)21(28-24)8-6-18(30)5-7-19-12-17-11-16(13-20(26)25(17)31-19)23-10-9-22(32-23)15(3)29/h6,8-11,13,19H,4-5,7,12H2,1-3H3,(H,27,28)/b8-6+. The summed E-state index contributed by atoms with van der Waals surface area (Å²) in [4.78, 5) is 33.4. The lowest BCUT2D eigenvalue weighted by Crippen LogP contribution is -2.14. The van der Waals surface area contributed by atoms with Crippen molar-refractivity contribution >= 4 is 40.6 Å². The summed E-state index contributed by atoms with van der Waals surface area (Å²) in [7, 11) is 0. The number of nitrogens with one attached hydrogen (secondary N) is 1. The Morgan fingerprint density at radius 2 is 2.16 bits per heavy atom. The maximum atomic E-state index is 12.4. The fraction of sp³-hybridized carbons (Fsp3) is 0.320. The van der Waals surface area contributed by atoms with Crippen LogP contribution in [0.4, 0.5) is 0 Å². The van der Waals surface area contributed by atoms with Gasteiger partial charge in [0.15, 0.2) is 11.6 Å². The van der Waals surface area contributed by atoms with Crippen molar-refractivity contribution in [2.45, 2.75) is 52.6 Å². The van der Waals surface area contributed by atoms with Crippen molar-refractivity contribution in [3.63, 3.8) is 0 Å². The number of aromatic nitrogens is 2. The predicted octanol–water partition coefficient (Wildman–Crippen LogP) is 6.23. The van der Waals surface area contributed by atoms with E-state index in [2.05, 4.69) is 16.0 Å². The highest BCUT2D eigenvalue weighted by atomic mass is 35.5. The third-order valence-corrected chi connectivity index (χ3v) is 7.05. The van der Waals surface area contributed by atoms with Crippen LogP contribution in [0.3, 0.4) is 0 Å². The molecular formula is C25H25ClN2O3S. The van der Waals surface area contributed by atoms with Crippen molar-refractivity contribution in [2.24, 2.45) is 0 Å². The number of imidazole rings is 1. The number of hydrogen-bond acceptors (Lipinski definition) is 5. The van der Waals surface area contributed by atoms with Crippen molar-refractivity contribution < 1.29 is 14.3 Å². The molecule has 0 saturated heterocycles. The van der Waals surface area contributed by atoms with E-state index in [1.165, 1.54) is 11.3 Å². The Balaban J connectivity index is 1.38. The largest absolute Gasteiger partial charge is 0.488 e. The highest BCUT2D eigenvalue weighted by Gasteiger charge is 2.26. The summed E-state index contributed by atoms with van der Waals surface area (Å²) in [5.74, 6) is 1.73. The number of fused-ring (bicyclic) bond motifs is 1. The molecule has 3 heterocycles. The third-order valence-electron chi connectivity index (χ3n) is 5.54. The molecule has 5 nitrogen and oxygen atoms in total. The van der Waals surface area contributed by atoms with Gasteiger partial charge in [-0.15, -0.1) is 11.3 Å². The van der Waals surface area contributed by atoms with Gasteiger partial charge in [0.1, 0.15) is 17.7 Å². The van der Waals surface area contributed by atoms with Crippen molar-refractivity contribution in [3.05, 3.63) is 63.0 Å². The molecule has 0 bridgehead atoms. The first-order valence-corrected chi connectivity index (χ1v) is 11.9. The lowest BCUT2D eigenvalue weighted by molar-refractivity contribution is -0.115. The van der Waals surface area contributed by atoms with Crippen LogP contribution < -0.4 is 4.74 Å². The number of aromatic amines is 1. The Labute approximate surface area is 196 Å². The van der Waals surface area contributed by atoms with Crippen LogP contribution in [0.5, 0.6) is 5.75 Å². The van der Waals surface area contributed by atoms with Crippen LogP contribution in [0.1, 0.15) is 59.1 Å². The first-order chi connectivity index (χ1) is 15.3. The molecular weight excluding hydrogens is 444 g/mol. The zero-order chi connectivity index (χ0) is 22.8. The van der Waals surface area contributed by atoms with Gasteiger partial charge in [-0.2, -0.15) is 0 Å². The van der Waals surface area contributed by atoms with Gasteiger partial charge in [-0.25, -0.2) is 4.98 Å². The maximum Gasteiger partial charge on any atom is 0.169 e. The number of halogens is 1. The lowest BCUT2D eigenvalue weighted by atomic mass is 10.0. The van der Waals surface area contributed by atoms with Crippen molar-refractivity contribution in [1.29, 1.82) is 0 Å². The molecule has 0 fully saturated rings. The zero-order valence-corrected chi connectivity index (χ0v) is 19.9. The minimum absolute atomic E-state index is 0.0483. The highest BCUT2D eigenvalue weighted by molar-refractivity contribution is 7.17. The molecule has 4 rings (SSSR count). The predicted molar refractivity (Wildman–Crippen MR) is 129 cm³/mol. The van der Waals surface area contributed by atoms with Gasteiger partial charge in [0.2, 0.25) is 0 Å². The summed E-state index contributed by atoms with van der Waals surface area (Å²) in [6.45, 7) is 5.56. The zero-order valence-electron chi connectivity index (χ0n) is 18.3. The van der Waals surface area contributed by atoms with Crippen LogP contribution in [-0.2, 0) is 17.6 Å². The molecule has 0 spiro atoms. The maximum absolute atomic E-state index is 12.4. The van der Waals surface area contributed by atoms with E-state index in [1.807, 2.05) is 32.0 Å². The second-order valence-electron chi connectivity index (χ2n) is 8.00. The SMILES string of the molecule is CCc1nc(/C=C/C(=O)CCC2Cc3cc(-c4ccc(C(C)=O)s4)cc(Cl)c3O2)c(C)[nH]1. The fourth-order valence-corrected chi connectivity index (χ4v) is 4.97. The molecule has 1 aliphatic heterocycles. The number of rotatable bonds is 8. The molecule has 1 N–H and O–H groups in total. The Morgan fingerprint density at radius 3 is 2.84 bits per heavy atom. The second kappa shape index (κ2) is 9.43. The molecule has 1 unspecified atom stereocenters. The fourth-order valence-electron chi connectivity index (χ4n) is 3.80. The van der Waals surface area contributed by atoms with Crippen molar-refractivity contribution in [1.82, 2.24) is 9.97 Å². The van der Waals surface area contributed by atoms with Gasteiger partial charge in [-0.05, 0) is 62.2 Å². The summed E-state index contributed by atoms with van der Waals surface area (Å²) < 4.78 is 6.05. The second-order valence-corrected chi connectivity index (χ2v) is 9.49. The van der Waals surface area contributed by atoms with E-state index in [0.29, 0.717) is 30.0 Å². The Bertz CT molecular complexity index is 1210. The van der Waals surface area contributed by atoms with Gasteiger partial charge in [-0.3, -0.25) is 9.59 Å². The van der Waals surface area contributed by atoms with E-state index >= 15 is 0 Å². The van der Waals surface area contributed by atoms with Crippen LogP contribution in [0.15, 0.2) is 30.3 Å². The average molecular weight is 469 g/mol. The van der Waals surface area contributed by atoms with Gasteiger partial charge >= 0.3 is 0 Å². The van der Waals surface area contributed by atoms with E-state index in [-0.39, 0.29) is 17.7 Å². The summed E-state index contributed by atoms with van der Waals surface area (Å²) in [6, 6.07) is 7.74. The first kappa shape index (κ1) is 22.5. The van der Waals surface area contributed by atoms with Crippen LogP contribution in [0.25, 0.3) is 16.5 Å². The smallest absolute Gasteiger partial charge is 0.169 e. The molecule has 3 aromatic rings. The number of ether oxygens (including phenoxy) is 1. The van der Waals surface area contributed by atoms with Crippen LogP contribution in [0.2, 0.25) is 5.02 Å². The van der Waals surface area contributed by atoms with E-state index in [0.717, 1.165) is 44.5 Å². The van der Waals surface area contributed by atoms with E-state index in [9.17, 15) is 9.59 Å². The van der Waals surface area contributed by atoms with E-state index in [1.54, 1.807) is 19.1 Å². The van der Waals surface area contributed by atoms with Gasteiger partial charge in [0.25, 0.3) is 0 Å². The van der Waals surface area contributed by atoms with Gasteiger partial charge in [0, 0.05) is 35.4 Å². The quantitative estimate of drug-likeness (QED) is 0.314. The number of carbonyl (C=O) groups is 2. The number of ketones is 2. The number of allylic oxidation sites excluding steroid dienone is 1. The number of carbonyl (C=O) groups excluding carboxylic acids is 2. The number of aryl methyl sites for hydroxylation is 2. The number of benzene rings is 1. The molecule has 1 aliphatic rings. The minimum Gasteiger partial charge on any atom is -0.488 e. The molecule has 0 amide bonds.